The average molecular weight is 272 g/mol. The highest BCUT2D eigenvalue weighted by molar-refractivity contribution is 6.29. The van der Waals surface area contributed by atoms with Crippen molar-refractivity contribution in [3.8, 4) is 0 Å². The normalized spacial score (nSPS) is 12.9. The number of hydrogen-bond acceptors (Lipinski definition) is 4. The fourth-order valence-corrected chi connectivity index (χ4v) is 1.45. The van der Waals surface area contributed by atoms with Crippen molar-refractivity contribution in [1.82, 2.24) is 15.3 Å². The summed E-state index contributed by atoms with van der Waals surface area (Å²) in [5.41, 5.74) is -0.633. The van der Waals surface area contributed by atoms with E-state index < -0.39 is 23.3 Å². The Balaban J connectivity index is 2.89. The molecule has 0 aliphatic carbocycles. The second kappa shape index (κ2) is 5.30. The van der Waals surface area contributed by atoms with Crippen molar-refractivity contribution < 1.29 is 14.7 Å². The molecule has 0 saturated carbocycles. The van der Waals surface area contributed by atoms with Crippen LogP contribution in [0.3, 0.4) is 0 Å². The number of hydrogen-bond donors (Lipinski definition) is 2. The molecule has 2 N–H and O–H groups in total. The Morgan fingerprint density at radius 2 is 2.00 bits per heavy atom. The third-order valence-corrected chi connectivity index (χ3v) is 2.41. The zero-order valence-corrected chi connectivity index (χ0v) is 11.0. The van der Waals surface area contributed by atoms with E-state index in [1.54, 1.807) is 20.8 Å². The zero-order chi connectivity index (χ0) is 13.9. The molecule has 1 atom stereocenters. The molecule has 1 aromatic rings. The Bertz CT molecular complexity index is 471. The second-order valence-corrected chi connectivity index (χ2v) is 5.23. The quantitative estimate of drug-likeness (QED) is 0.866. The molecule has 0 aromatic carbocycles. The van der Waals surface area contributed by atoms with Crippen LogP contribution in [-0.2, 0) is 4.79 Å². The SMILES string of the molecule is CC(C)(C)C(NC(=O)c1cncc(Cl)n1)C(=O)O. The van der Waals surface area contributed by atoms with Crippen LogP contribution >= 0.6 is 11.6 Å². The molecule has 6 nitrogen and oxygen atoms in total. The van der Waals surface area contributed by atoms with Gasteiger partial charge >= 0.3 is 5.97 Å². The predicted molar refractivity (Wildman–Crippen MR) is 65.4 cm³/mol. The van der Waals surface area contributed by atoms with Crippen LogP contribution in [0.4, 0.5) is 0 Å². The summed E-state index contributed by atoms with van der Waals surface area (Å²) in [6.45, 7) is 5.15. The minimum absolute atomic E-state index is 0.0157. The molecule has 18 heavy (non-hydrogen) atoms. The highest BCUT2D eigenvalue weighted by Crippen LogP contribution is 2.19. The van der Waals surface area contributed by atoms with Crippen molar-refractivity contribution >= 4 is 23.5 Å². The second-order valence-electron chi connectivity index (χ2n) is 4.84. The molecule has 1 aromatic heterocycles. The van der Waals surface area contributed by atoms with E-state index in [-0.39, 0.29) is 10.8 Å². The summed E-state index contributed by atoms with van der Waals surface area (Å²) in [7, 11) is 0. The van der Waals surface area contributed by atoms with Gasteiger partial charge in [0.15, 0.2) is 0 Å². The molecule has 0 saturated heterocycles. The number of rotatable bonds is 3. The van der Waals surface area contributed by atoms with Crippen LogP contribution in [-0.4, -0.2) is 33.0 Å². The molecule has 0 aliphatic rings. The Hall–Kier alpha value is -1.69. The fourth-order valence-electron chi connectivity index (χ4n) is 1.31. The molecule has 0 spiro atoms. The lowest BCUT2D eigenvalue weighted by atomic mass is 9.86. The number of carboxylic acid groups (broad SMARTS) is 1. The minimum atomic E-state index is -1.11. The lowest BCUT2D eigenvalue weighted by molar-refractivity contribution is -0.142. The van der Waals surface area contributed by atoms with Gasteiger partial charge in [0.2, 0.25) is 0 Å². The summed E-state index contributed by atoms with van der Waals surface area (Å²) in [5, 5.41) is 11.6. The monoisotopic (exact) mass is 271 g/mol. The minimum Gasteiger partial charge on any atom is -0.480 e. The number of halogens is 1. The molecule has 98 valence electrons. The van der Waals surface area contributed by atoms with Crippen LogP contribution in [0.2, 0.25) is 5.15 Å². The molecule has 0 aliphatic heterocycles. The summed E-state index contributed by atoms with van der Waals surface area (Å²) >= 11 is 5.61. The number of aromatic nitrogens is 2. The number of carbonyl (C=O) groups excluding carboxylic acids is 1. The third kappa shape index (κ3) is 3.66. The van der Waals surface area contributed by atoms with Crippen LogP contribution in [0, 0.1) is 5.41 Å². The maximum absolute atomic E-state index is 11.8. The predicted octanol–water partition coefficient (Wildman–Crippen LogP) is 1.36. The number of amides is 1. The molecule has 1 amide bonds. The van der Waals surface area contributed by atoms with E-state index in [2.05, 4.69) is 15.3 Å². The Morgan fingerprint density at radius 1 is 1.39 bits per heavy atom. The fraction of sp³-hybridized carbons (Fsp3) is 0.455. The average Bonchev–Trinajstić information content (AvgIpc) is 2.23. The molecular weight excluding hydrogens is 258 g/mol. The van der Waals surface area contributed by atoms with Gasteiger partial charge in [-0.25, -0.2) is 9.78 Å². The summed E-state index contributed by atoms with van der Waals surface area (Å²) in [6, 6.07) is -1.02. The first-order chi connectivity index (χ1) is 8.21. The van der Waals surface area contributed by atoms with Crippen molar-refractivity contribution in [1.29, 1.82) is 0 Å². The van der Waals surface area contributed by atoms with Crippen molar-refractivity contribution in [3.63, 3.8) is 0 Å². The van der Waals surface area contributed by atoms with Gasteiger partial charge in [-0.3, -0.25) is 9.78 Å². The summed E-state index contributed by atoms with van der Waals surface area (Å²) < 4.78 is 0. The van der Waals surface area contributed by atoms with E-state index in [1.165, 1.54) is 12.4 Å². The van der Waals surface area contributed by atoms with Gasteiger partial charge in [0.1, 0.15) is 16.9 Å². The lowest BCUT2D eigenvalue weighted by Crippen LogP contribution is -2.49. The van der Waals surface area contributed by atoms with Gasteiger partial charge in [-0.15, -0.1) is 0 Å². The van der Waals surface area contributed by atoms with E-state index in [0.717, 1.165) is 0 Å². The third-order valence-electron chi connectivity index (χ3n) is 2.23. The summed E-state index contributed by atoms with van der Waals surface area (Å²) in [6.07, 6.45) is 2.51. The van der Waals surface area contributed by atoms with E-state index in [9.17, 15) is 9.59 Å². The number of carboxylic acids is 1. The van der Waals surface area contributed by atoms with Crippen LogP contribution in [0.25, 0.3) is 0 Å². The summed E-state index contributed by atoms with van der Waals surface area (Å²) in [5.74, 6) is -1.72. The molecule has 1 rings (SSSR count). The van der Waals surface area contributed by atoms with Crippen LogP contribution < -0.4 is 5.32 Å². The van der Waals surface area contributed by atoms with Gasteiger partial charge < -0.3 is 10.4 Å². The van der Waals surface area contributed by atoms with Crippen molar-refractivity contribution in [2.75, 3.05) is 0 Å². The maximum Gasteiger partial charge on any atom is 0.326 e. The number of aliphatic carboxylic acids is 1. The first-order valence-electron chi connectivity index (χ1n) is 5.23. The Morgan fingerprint density at radius 3 is 2.44 bits per heavy atom. The number of carbonyl (C=O) groups is 2. The first kappa shape index (κ1) is 14.4. The van der Waals surface area contributed by atoms with Gasteiger partial charge in [-0.2, -0.15) is 0 Å². The molecule has 0 bridgehead atoms. The molecule has 1 heterocycles. The topological polar surface area (TPSA) is 92.2 Å². The number of nitrogens with zero attached hydrogens (tertiary/aromatic N) is 2. The van der Waals surface area contributed by atoms with Crippen molar-refractivity contribution in [2.24, 2.45) is 5.41 Å². The van der Waals surface area contributed by atoms with E-state index in [4.69, 9.17) is 16.7 Å². The molecule has 0 radical (unpaired) electrons. The smallest absolute Gasteiger partial charge is 0.326 e. The molecule has 1 unspecified atom stereocenters. The number of nitrogens with one attached hydrogen (secondary N) is 1. The molecule has 0 fully saturated rings. The van der Waals surface area contributed by atoms with E-state index in [1.807, 2.05) is 0 Å². The lowest BCUT2D eigenvalue weighted by Gasteiger charge is -2.27. The standard InChI is InChI=1S/C11H14ClN3O3/c1-11(2,3)8(10(17)18)15-9(16)6-4-13-5-7(12)14-6/h4-5,8H,1-3H3,(H,15,16)(H,17,18). The zero-order valence-electron chi connectivity index (χ0n) is 10.3. The Labute approximate surface area is 109 Å². The Kier molecular flexibility index (Phi) is 4.24. The van der Waals surface area contributed by atoms with Gasteiger partial charge in [-0.1, -0.05) is 32.4 Å². The van der Waals surface area contributed by atoms with Crippen LogP contribution in [0.1, 0.15) is 31.3 Å². The van der Waals surface area contributed by atoms with Gasteiger partial charge in [0, 0.05) is 0 Å². The highest BCUT2D eigenvalue weighted by Gasteiger charge is 2.33. The first-order valence-corrected chi connectivity index (χ1v) is 5.61. The van der Waals surface area contributed by atoms with E-state index in [0.29, 0.717) is 0 Å². The van der Waals surface area contributed by atoms with Crippen LogP contribution in [0.5, 0.6) is 0 Å². The van der Waals surface area contributed by atoms with Gasteiger partial charge in [0.05, 0.1) is 12.4 Å². The summed E-state index contributed by atoms with van der Waals surface area (Å²) in [4.78, 5) is 30.4. The van der Waals surface area contributed by atoms with Crippen molar-refractivity contribution in [2.45, 2.75) is 26.8 Å². The van der Waals surface area contributed by atoms with Crippen LogP contribution in [0.15, 0.2) is 12.4 Å². The molecule has 7 heteroatoms. The van der Waals surface area contributed by atoms with Gasteiger partial charge in [-0.05, 0) is 5.41 Å². The molecular formula is C11H14ClN3O3. The largest absolute Gasteiger partial charge is 0.480 e. The van der Waals surface area contributed by atoms with Gasteiger partial charge in [0.25, 0.3) is 5.91 Å². The van der Waals surface area contributed by atoms with Crippen molar-refractivity contribution in [3.05, 3.63) is 23.2 Å². The van der Waals surface area contributed by atoms with E-state index >= 15 is 0 Å². The highest BCUT2D eigenvalue weighted by atomic mass is 35.5. The maximum atomic E-state index is 11.8.